The van der Waals surface area contributed by atoms with Gasteiger partial charge in [0.25, 0.3) is 0 Å². The van der Waals surface area contributed by atoms with Crippen LogP contribution in [0, 0.1) is 0 Å². The van der Waals surface area contributed by atoms with E-state index < -0.39 is 7.23 Å². The number of nitrogens with zero attached hydrogens (tertiary/aromatic N) is 1. The van der Waals surface area contributed by atoms with E-state index in [0.717, 1.165) is 26.1 Å². The van der Waals surface area contributed by atoms with Gasteiger partial charge in [-0.3, -0.25) is 4.57 Å². The summed E-state index contributed by atoms with van der Waals surface area (Å²) >= 11 is 1.48. The highest BCUT2D eigenvalue weighted by Gasteiger charge is 2.09. The molecule has 15 heavy (non-hydrogen) atoms. The molecule has 0 bridgehead atoms. The van der Waals surface area contributed by atoms with E-state index >= 15 is 0 Å². The molecule has 0 aliphatic carbocycles. The molecule has 0 saturated carbocycles. The summed E-state index contributed by atoms with van der Waals surface area (Å²) in [7, 11) is -1.85. The fraction of sp³-hybridized carbons (Fsp3) is 1.00. The van der Waals surface area contributed by atoms with E-state index in [-0.39, 0.29) is 0 Å². The lowest BCUT2D eigenvalue weighted by Gasteiger charge is -2.19. The van der Waals surface area contributed by atoms with Crippen molar-refractivity contribution in [2.75, 3.05) is 26.2 Å². The van der Waals surface area contributed by atoms with E-state index in [1.54, 1.807) is 0 Å². The van der Waals surface area contributed by atoms with Crippen LogP contribution < -0.4 is 0 Å². The fourth-order valence-electron chi connectivity index (χ4n) is 1.28. The molecular formula is C10H24NO2PS. The third-order valence-electron chi connectivity index (χ3n) is 2.31. The Bertz CT molecular complexity index is 177. The zero-order chi connectivity index (χ0) is 11.7. The second-order valence-corrected chi connectivity index (χ2v) is 6.96. The zero-order valence-electron chi connectivity index (χ0n) is 10.3. The third-order valence-corrected chi connectivity index (χ3v) is 5.80. The van der Waals surface area contributed by atoms with Gasteiger partial charge in [-0.2, -0.15) is 0 Å². The highest BCUT2D eigenvalue weighted by molar-refractivity contribution is 8.50. The summed E-state index contributed by atoms with van der Waals surface area (Å²) in [5.41, 5.74) is 0. The van der Waals surface area contributed by atoms with Crippen molar-refractivity contribution in [3.8, 4) is 0 Å². The molecule has 0 spiro atoms. The van der Waals surface area contributed by atoms with Crippen molar-refractivity contribution in [3.63, 3.8) is 0 Å². The SMILES string of the molecule is CCO[PH](=O)SC(C)CCN(CC)CC. The minimum atomic E-state index is -1.85. The fourth-order valence-corrected chi connectivity index (χ4v) is 4.03. The molecule has 0 aromatic carbocycles. The second kappa shape index (κ2) is 9.71. The minimum absolute atomic E-state index is 0.420. The molecule has 0 rings (SSSR count). The molecule has 0 fully saturated rings. The molecule has 0 aliphatic rings. The highest BCUT2D eigenvalue weighted by atomic mass is 32.7. The Kier molecular flexibility index (Phi) is 10.0. The van der Waals surface area contributed by atoms with Crippen LogP contribution in [0.2, 0.25) is 0 Å². The van der Waals surface area contributed by atoms with E-state index in [1.807, 2.05) is 6.92 Å². The number of hydrogen-bond donors (Lipinski definition) is 0. The summed E-state index contributed by atoms with van der Waals surface area (Å²) < 4.78 is 16.4. The summed E-state index contributed by atoms with van der Waals surface area (Å²) in [5.74, 6) is 0. The van der Waals surface area contributed by atoms with Gasteiger partial charge in [0.05, 0.1) is 6.61 Å². The molecule has 0 radical (unpaired) electrons. The maximum atomic E-state index is 11.3. The lowest BCUT2D eigenvalue weighted by atomic mass is 10.3. The summed E-state index contributed by atoms with van der Waals surface area (Å²) in [4.78, 5) is 2.38. The Balaban J connectivity index is 3.64. The molecular weight excluding hydrogens is 229 g/mol. The van der Waals surface area contributed by atoms with Gasteiger partial charge in [-0.25, -0.2) is 0 Å². The maximum absolute atomic E-state index is 11.3. The quantitative estimate of drug-likeness (QED) is 0.590. The second-order valence-electron chi connectivity index (χ2n) is 3.43. The highest BCUT2D eigenvalue weighted by Crippen LogP contribution is 2.42. The first-order valence-electron chi connectivity index (χ1n) is 5.69. The van der Waals surface area contributed by atoms with Crippen molar-refractivity contribution >= 4 is 18.6 Å². The first-order chi connectivity index (χ1) is 7.13. The first kappa shape index (κ1) is 15.5. The zero-order valence-corrected chi connectivity index (χ0v) is 12.1. The summed E-state index contributed by atoms with van der Waals surface area (Å²) in [6, 6.07) is 0. The van der Waals surface area contributed by atoms with Gasteiger partial charge in [-0.15, -0.1) is 0 Å². The van der Waals surface area contributed by atoms with Gasteiger partial charge in [-0.05, 0) is 33.0 Å². The average Bonchev–Trinajstić information content (AvgIpc) is 2.19. The van der Waals surface area contributed by atoms with Crippen molar-refractivity contribution in [2.24, 2.45) is 0 Å². The summed E-state index contributed by atoms with van der Waals surface area (Å²) in [6.45, 7) is 12.2. The monoisotopic (exact) mass is 253 g/mol. The Morgan fingerprint density at radius 3 is 2.40 bits per heavy atom. The van der Waals surface area contributed by atoms with Gasteiger partial charge in [0.15, 0.2) is 0 Å². The van der Waals surface area contributed by atoms with Gasteiger partial charge in [0, 0.05) is 5.25 Å². The molecule has 3 nitrogen and oxygen atoms in total. The topological polar surface area (TPSA) is 29.5 Å². The number of rotatable bonds is 9. The maximum Gasteiger partial charge on any atom is 0.246 e. The Hall–Kier alpha value is 0.500. The van der Waals surface area contributed by atoms with E-state index in [0.29, 0.717) is 11.9 Å². The summed E-state index contributed by atoms with van der Waals surface area (Å²) in [6.07, 6.45) is 1.08. The van der Waals surface area contributed by atoms with Crippen LogP contribution in [0.4, 0.5) is 0 Å². The predicted molar refractivity (Wildman–Crippen MR) is 70.1 cm³/mol. The predicted octanol–water partition coefficient (Wildman–Crippen LogP) is 3.27. The van der Waals surface area contributed by atoms with Gasteiger partial charge < -0.3 is 9.42 Å². The molecule has 0 aromatic heterocycles. The van der Waals surface area contributed by atoms with Crippen molar-refractivity contribution < 1.29 is 9.09 Å². The molecule has 0 saturated heterocycles. The molecule has 5 heteroatoms. The molecule has 0 heterocycles. The Labute approximate surface area is 98.6 Å². The van der Waals surface area contributed by atoms with Crippen molar-refractivity contribution in [1.82, 2.24) is 4.90 Å². The molecule has 0 aromatic rings. The molecule has 92 valence electrons. The van der Waals surface area contributed by atoms with Crippen LogP contribution in [0.15, 0.2) is 0 Å². The Morgan fingerprint density at radius 1 is 1.33 bits per heavy atom. The van der Waals surface area contributed by atoms with Gasteiger partial charge in [0.2, 0.25) is 7.23 Å². The van der Waals surface area contributed by atoms with Crippen molar-refractivity contribution in [1.29, 1.82) is 0 Å². The standard InChI is InChI=1S/C10H24NO2PS/c1-5-11(6-2)9-8-10(4)15-14(12)13-7-3/h10,14H,5-9H2,1-4H3. The average molecular weight is 253 g/mol. The van der Waals surface area contributed by atoms with Gasteiger partial charge in [-0.1, -0.05) is 32.2 Å². The summed E-state index contributed by atoms with van der Waals surface area (Å²) in [5, 5.41) is 0.420. The van der Waals surface area contributed by atoms with E-state index in [9.17, 15) is 4.57 Å². The molecule has 0 N–H and O–H groups in total. The molecule has 0 aliphatic heterocycles. The van der Waals surface area contributed by atoms with E-state index in [2.05, 4.69) is 25.7 Å². The van der Waals surface area contributed by atoms with Crippen LogP contribution in [-0.2, 0) is 9.09 Å². The Morgan fingerprint density at radius 2 is 1.93 bits per heavy atom. The van der Waals surface area contributed by atoms with Crippen LogP contribution >= 0.6 is 18.6 Å². The lowest BCUT2D eigenvalue weighted by molar-refractivity contribution is 0.300. The normalized spacial score (nSPS) is 15.5. The number of hydrogen-bond acceptors (Lipinski definition) is 4. The molecule has 2 atom stereocenters. The van der Waals surface area contributed by atoms with E-state index in [1.165, 1.54) is 11.4 Å². The van der Waals surface area contributed by atoms with Gasteiger partial charge >= 0.3 is 0 Å². The van der Waals surface area contributed by atoms with Crippen molar-refractivity contribution in [3.05, 3.63) is 0 Å². The van der Waals surface area contributed by atoms with Gasteiger partial charge in [0.1, 0.15) is 0 Å². The van der Waals surface area contributed by atoms with Crippen LogP contribution in [-0.4, -0.2) is 36.4 Å². The lowest BCUT2D eigenvalue weighted by Crippen LogP contribution is -2.25. The third kappa shape index (κ3) is 8.32. The smallest absolute Gasteiger partial charge is 0.246 e. The van der Waals surface area contributed by atoms with Crippen molar-refractivity contribution in [2.45, 2.75) is 39.4 Å². The minimum Gasteiger partial charge on any atom is -0.323 e. The molecule has 0 amide bonds. The van der Waals surface area contributed by atoms with Crippen LogP contribution in [0.25, 0.3) is 0 Å². The van der Waals surface area contributed by atoms with E-state index in [4.69, 9.17) is 4.52 Å². The first-order valence-corrected chi connectivity index (χ1v) is 8.61. The van der Waals surface area contributed by atoms with Crippen LogP contribution in [0.1, 0.15) is 34.1 Å². The largest absolute Gasteiger partial charge is 0.323 e. The van der Waals surface area contributed by atoms with Crippen LogP contribution in [0.5, 0.6) is 0 Å². The molecule has 2 unspecified atom stereocenters. The van der Waals surface area contributed by atoms with Crippen LogP contribution in [0.3, 0.4) is 0 Å².